The van der Waals surface area contributed by atoms with Gasteiger partial charge in [0, 0.05) is 24.9 Å². The van der Waals surface area contributed by atoms with Crippen LogP contribution in [0.5, 0.6) is 11.6 Å². The molecule has 1 fully saturated rings. The zero-order valence-corrected chi connectivity index (χ0v) is 20.8. The molecule has 3 aromatic rings. The van der Waals surface area contributed by atoms with E-state index in [1.165, 1.54) is 7.11 Å². The smallest absolute Gasteiger partial charge is 0.238 e. The number of amidine groups is 1. The van der Waals surface area contributed by atoms with Crippen LogP contribution >= 0.6 is 0 Å². The van der Waals surface area contributed by atoms with Gasteiger partial charge in [-0.05, 0) is 45.7 Å². The summed E-state index contributed by atoms with van der Waals surface area (Å²) in [5.74, 6) is -3.74. The van der Waals surface area contributed by atoms with Crippen molar-refractivity contribution < 1.29 is 27.8 Å². The van der Waals surface area contributed by atoms with E-state index in [2.05, 4.69) is 20.5 Å². The van der Waals surface area contributed by atoms with Gasteiger partial charge < -0.3 is 24.0 Å². The Hall–Kier alpha value is -3.80. The number of nitrogens with zero attached hydrogens (tertiary/aromatic N) is 5. The van der Waals surface area contributed by atoms with Crippen molar-refractivity contribution in [2.45, 2.75) is 51.0 Å². The molecule has 2 aliphatic heterocycles. The number of methoxy groups -OCH3 is 1. The van der Waals surface area contributed by atoms with E-state index >= 15 is 0 Å². The number of benzene rings is 1. The minimum absolute atomic E-state index is 0.240. The molecule has 2 atom stereocenters. The number of fused-ring (bicyclic) bond motifs is 1. The van der Waals surface area contributed by atoms with Crippen LogP contribution in [0.2, 0.25) is 0 Å². The first-order chi connectivity index (χ1) is 17.5. The lowest BCUT2D eigenvalue weighted by Crippen LogP contribution is -2.71. The summed E-state index contributed by atoms with van der Waals surface area (Å²) in [7, 11) is 1.52. The van der Waals surface area contributed by atoms with Gasteiger partial charge in [0.05, 0.1) is 19.1 Å². The maximum absolute atomic E-state index is 14.0. The van der Waals surface area contributed by atoms with Crippen molar-refractivity contribution in [1.29, 1.82) is 0 Å². The van der Waals surface area contributed by atoms with Gasteiger partial charge in [-0.25, -0.2) is 23.1 Å². The molecule has 0 saturated carbocycles. The zero-order chi connectivity index (χ0) is 26.5. The summed E-state index contributed by atoms with van der Waals surface area (Å²) in [4.78, 5) is 10.8. The van der Waals surface area contributed by atoms with Crippen molar-refractivity contribution in [1.82, 2.24) is 24.9 Å². The predicted molar refractivity (Wildman–Crippen MR) is 128 cm³/mol. The number of hydrazone groups is 1. The van der Waals surface area contributed by atoms with Gasteiger partial charge in [0.1, 0.15) is 22.7 Å². The quantitative estimate of drug-likeness (QED) is 0.486. The molecule has 2 aromatic heterocycles. The van der Waals surface area contributed by atoms with Crippen molar-refractivity contribution in [3.05, 3.63) is 65.6 Å². The summed E-state index contributed by atoms with van der Waals surface area (Å²) in [5, 5.41) is 15.7. The molecule has 9 nitrogen and oxygen atoms in total. The Morgan fingerprint density at radius 3 is 2.54 bits per heavy atom. The van der Waals surface area contributed by atoms with E-state index in [0.717, 1.165) is 17.8 Å². The lowest BCUT2D eigenvalue weighted by molar-refractivity contribution is -0.167. The molecular weight excluding hydrogens is 489 g/mol. The Balaban J connectivity index is 1.49. The summed E-state index contributed by atoms with van der Waals surface area (Å²) in [6.07, 6.45) is 3.71. The Kier molecular flexibility index (Phi) is 6.01. The van der Waals surface area contributed by atoms with E-state index in [1.807, 2.05) is 24.1 Å². The SMILES string of the molecule is COc1nc(C2=NNC3N2CCC[C@]3(Oc2cc(F)c(F)c(F)c2)C(C)(C)O)ccc1-n1cnc(C)c1. The lowest BCUT2D eigenvalue weighted by atomic mass is 9.76. The highest BCUT2D eigenvalue weighted by Gasteiger charge is 2.59. The molecule has 1 saturated heterocycles. The summed E-state index contributed by atoms with van der Waals surface area (Å²) in [6, 6.07) is 5.17. The normalized spacial score (nSPS) is 21.4. The van der Waals surface area contributed by atoms with Gasteiger partial charge in [0.2, 0.25) is 5.88 Å². The van der Waals surface area contributed by atoms with Gasteiger partial charge in [-0.1, -0.05) is 0 Å². The van der Waals surface area contributed by atoms with Gasteiger partial charge >= 0.3 is 0 Å². The number of nitrogens with one attached hydrogen (secondary N) is 1. The van der Waals surface area contributed by atoms with Crippen LogP contribution < -0.4 is 14.9 Å². The van der Waals surface area contributed by atoms with Crippen molar-refractivity contribution in [3.63, 3.8) is 0 Å². The number of halogens is 3. The van der Waals surface area contributed by atoms with Crippen molar-refractivity contribution in [2.75, 3.05) is 13.7 Å². The maximum Gasteiger partial charge on any atom is 0.238 e. The van der Waals surface area contributed by atoms with Crippen LogP contribution in [0.3, 0.4) is 0 Å². The Morgan fingerprint density at radius 2 is 1.92 bits per heavy atom. The minimum Gasteiger partial charge on any atom is -0.480 e. The van der Waals surface area contributed by atoms with E-state index in [9.17, 15) is 18.3 Å². The van der Waals surface area contributed by atoms with Crippen molar-refractivity contribution in [2.24, 2.45) is 5.10 Å². The number of rotatable bonds is 6. The second kappa shape index (κ2) is 8.94. The summed E-state index contributed by atoms with van der Waals surface area (Å²) in [6.45, 7) is 5.54. The van der Waals surface area contributed by atoms with E-state index in [-0.39, 0.29) is 5.75 Å². The number of hydrogen-bond donors (Lipinski definition) is 2. The first kappa shape index (κ1) is 24.9. The molecule has 0 amide bonds. The molecule has 0 bridgehead atoms. The number of aromatic nitrogens is 3. The molecule has 1 unspecified atom stereocenters. The second-order valence-corrected chi connectivity index (χ2v) is 9.66. The topological polar surface area (TPSA) is 97.0 Å². The predicted octanol–water partition coefficient (Wildman–Crippen LogP) is 3.28. The monoisotopic (exact) mass is 516 g/mol. The number of piperidine rings is 1. The molecule has 2 N–H and O–H groups in total. The summed E-state index contributed by atoms with van der Waals surface area (Å²) >= 11 is 0. The van der Waals surface area contributed by atoms with Crippen LogP contribution in [0.4, 0.5) is 13.2 Å². The van der Waals surface area contributed by atoms with E-state index in [0.29, 0.717) is 42.5 Å². The fourth-order valence-corrected chi connectivity index (χ4v) is 4.95. The Bertz CT molecular complexity index is 1350. The van der Waals surface area contributed by atoms with Crippen LogP contribution in [-0.2, 0) is 0 Å². The third-order valence-electron chi connectivity index (χ3n) is 6.81. The number of hydrogen-bond acceptors (Lipinski definition) is 8. The molecule has 1 aromatic carbocycles. The fourth-order valence-electron chi connectivity index (χ4n) is 4.95. The van der Waals surface area contributed by atoms with E-state index in [4.69, 9.17) is 9.47 Å². The molecular formula is C25H27F3N6O3. The van der Waals surface area contributed by atoms with Crippen molar-refractivity contribution >= 4 is 5.84 Å². The summed E-state index contributed by atoms with van der Waals surface area (Å²) < 4.78 is 54.9. The molecule has 2 aliphatic rings. The third-order valence-corrected chi connectivity index (χ3v) is 6.81. The van der Waals surface area contributed by atoms with Crippen LogP contribution in [0, 0.1) is 24.4 Å². The van der Waals surface area contributed by atoms with Gasteiger partial charge in [-0.15, -0.1) is 0 Å². The molecule has 0 aliphatic carbocycles. The highest BCUT2D eigenvalue weighted by Crippen LogP contribution is 2.42. The highest BCUT2D eigenvalue weighted by atomic mass is 19.2. The molecule has 37 heavy (non-hydrogen) atoms. The molecule has 0 radical (unpaired) electrons. The largest absolute Gasteiger partial charge is 0.480 e. The summed E-state index contributed by atoms with van der Waals surface area (Å²) in [5.41, 5.74) is 2.18. The molecule has 5 rings (SSSR count). The number of pyridine rings is 1. The van der Waals surface area contributed by atoms with E-state index < -0.39 is 34.8 Å². The number of aliphatic hydroxyl groups is 1. The molecule has 196 valence electrons. The first-order valence-electron chi connectivity index (χ1n) is 11.8. The maximum atomic E-state index is 14.0. The molecule has 0 spiro atoms. The van der Waals surface area contributed by atoms with Gasteiger partial charge in [0.25, 0.3) is 0 Å². The fraction of sp³-hybridized carbons (Fsp3) is 0.400. The van der Waals surface area contributed by atoms with Gasteiger partial charge in [-0.2, -0.15) is 5.10 Å². The Labute approximate surface area is 211 Å². The first-order valence-corrected chi connectivity index (χ1v) is 11.8. The van der Waals surface area contributed by atoms with Crippen LogP contribution in [0.15, 0.2) is 41.9 Å². The Morgan fingerprint density at radius 1 is 1.19 bits per heavy atom. The van der Waals surface area contributed by atoms with Crippen LogP contribution in [-0.4, -0.2) is 61.4 Å². The minimum atomic E-state index is -1.59. The third kappa shape index (κ3) is 4.14. The second-order valence-electron chi connectivity index (χ2n) is 9.66. The lowest BCUT2D eigenvalue weighted by Gasteiger charge is -2.52. The average Bonchev–Trinajstić information content (AvgIpc) is 3.48. The average molecular weight is 517 g/mol. The van der Waals surface area contributed by atoms with Gasteiger partial charge in [0.15, 0.2) is 35.1 Å². The molecule has 12 heteroatoms. The van der Waals surface area contributed by atoms with Crippen molar-refractivity contribution in [3.8, 4) is 17.3 Å². The van der Waals surface area contributed by atoms with E-state index in [1.54, 1.807) is 30.8 Å². The molecule has 4 heterocycles. The standard InChI is InChI=1S/C25H27F3N6O3/c1-14-12-33(13-29-14)19-7-6-18(30-22(19)36-4)21-31-32-23-25(24(2,3)35,8-5-9-34(21)23)37-15-10-16(26)20(28)17(27)11-15/h6-7,10-13,23,32,35H,5,8-9H2,1-4H3/t23?,25-/m1/s1. The van der Waals surface area contributed by atoms with Gasteiger partial charge in [-0.3, -0.25) is 5.43 Å². The zero-order valence-electron chi connectivity index (χ0n) is 20.8. The number of ether oxygens (including phenoxy) is 2. The van der Waals surface area contributed by atoms with Crippen LogP contribution in [0.1, 0.15) is 38.1 Å². The number of aryl methyl sites for hydroxylation is 1. The number of imidazole rings is 1. The van der Waals surface area contributed by atoms with Crippen LogP contribution in [0.25, 0.3) is 5.69 Å². The highest BCUT2D eigenvalue weighted by molar-refractivity contribution is 5.98.